The SMILES string of the molecule is CCn1ncnc1CC(N)CC(C)OC. The average molecular weight is 212 g/mol. The van der Waals surface area contributed by atoms with E-state index >= 15 is 0 Å². The molecule has 1 aromatic heterocycles. The highest BCUT2D eigenvalue weighted by Crippen LogP contribution is 2.05. The number of methoxy groups -OCH3 is 1. The molecular weight excluding hydrogens is 192 g/mol. The van der Waals surface area contributed by atoms with Gasteiger partial charge in [-0.15, -0.1) is 0 Å². The summed E-state index contributed by atoms with van der Waals surface area (Å²) in [6, 6.07) is 0.0782. The lowest BCUT2D eigenvalue weighted by molar-refractivity contribution is 0.104. The van der Waals surface area contributed by atoms with Crippen molar-refractivity contribution in [2.24, 2.45) is 5.73 Å². The second-order valence-corrected chi connectivity index (χ2v) is 3.74. The number of nitrogens with zero attached hydrogens (tertiary/aromatic N) is 3. The minimum Gasteiger partial charge on any atom is -0.382 e. The van der Waals surface area contributed by atoms with Gasteiger partial charge in [0.1, 0.15) is 12.2 Å². The van der Waals surface area contributed by atoms with Crippen molar-refractivity contribution in [3.8, 4) is 0 Å². The van der Waals surface area contributed by atoms with Gasteiger partial charge in [-0.2, -0.15) is 5.10 Å². The number of aromatic nitrogens is 3. The van der Waals surface area contributed by atoms with Gasteiger partial charge in [0.05, 0.1) is 6.10 Å². The fourth-order valence-corrected chi connectivity index (χ4v) is 1.55. The summed E-state index contributed by atoms with van der Waals surface area (Å²) in [6.45, 7) is 4.90. The summed E-state index contributed by atoms with van der Waals surface area (Å²) in [5, 5.41) is 4.11. The molecule has 0 radical (unpaired) electrons. The van der Waals surface area contributed by atoms with Gasteiger partial charge in [0.25, 0.3) is 0 Å². The Bertz CT molecular complexity index is 287. The molecule has 1 heterocycles. The Hall–Kier alpha value is -0.940. The van der Waals surface area contributed by atoms with Crippen LogP contribution in [0.2, 0.25) is 0 Å². The van der Waals surface area contributed by atoms with Gasteiger partial charge in [0.15, 0.2) is 0 Å². The first-order chi connectivity index (χ1) is 7.17. The molecule has 2 atom stereocenters. The number of hydrogen-bond donors (Lipinski definition) is 1. The zero-order valence-corrected chi connectivity index (χ0v) is 9.68. The summed E-state index contributed by atoms with van der Waals surface area (Å²) < 4.78 is 7.05. The summed E-state index contributed by atoms with van der Waals surface area (Å²) in [5.41, 5.74) is 6.00. The third-order valence-electron chi connectivity index (χ3n) is 2.48. The summed E-state index contributed by atoms with van der Waals surface area (Å²) in [7, 11) is 1.70. The monoisotopic (exact) mass is 212 g/mol. The third-order valence-corrected chi connectivity index (χ3v) is 2.48. The second kappa shape index (κ2) is 5.82. The molecule has 15 heavy (non-hydrogen) atoms. The molecule has 0 saturated carbocycles. The highest BCUT2D eigenvalue weighted by Gasteiger charge is 2.12. The van der Waals surface area contributed by atoms with Gasteiger partial charge in [0.2, 0.25) is 0 Å². The highest BCUT2D eigenvalue weighted by atomic mass is 16.5. The Morgan fingerprint density at radius 1 is 1.60 bits per heavy atom. The Kier molecular flexibility index (Phi) is 4.71. The van der Waals surface area contributed by atoms with Crippen LogP contribution in [0.15, 0.2) is 6.33 Å². The fourth-order valence-electron chi connectivity index (χ4n) is 1.55. The molecule has 0 aromatic carbocycles. The number of hydrogen-bond acceptors (Lipinski definition) is 4. The maximum Gasteiger partial charge on any atom is 0.138 e. The molecule has 1 rings (SSSR count). The van der Waals surface area contributed by atoms with Crippen molar-refractivity contribution in [3.63, 3.8) is 0 Å². The molecule has 86 valence electrons. The van der Waals surface area contributed by atoms with Gasteiger partial charge < -0.3 is 10.5 Å². The molecule has 0 spiro atoms. The van der Waals surface area contributed by atoms with E-state index in [1.165, 1.54) is 0 Å². The van der Waals surface area contributed by atoms with Crippen LogP contribution in [-0.4, -0.2) is 34.0 Å². The molecule has 5 nitrogen and oxygen atoms in total. The van der Waals surface area contributed by atoms with Crippen molar-refractivity contribution in [1.82, 2.24) is 14.8 Å². The Morgan fingerprint density at radius 3 is 2.93 bits per heavy atom. The number of rotatable bonds is 6. The van der Waals surface area contributed by atoms with Crippen molar-refractivity contribution in [2.45, 2.75) is 45.4 Å². The Morgan fingerprint density at radius 2 is 2.33 bits per heavy atom. The minimum atomic E-state index is 0.0782. The van der Waals surface area contributed by atoms with E-state index in [9.17, 15) is 0 Å². The average Bonchev–Trinajstić information content (AvgIpc) is 2.64. The van der Waals surface area contributed by atoms with E-state index in [1.54, 1.807) is 13.4 Å². The van der Waals surface area contributed by atoms with Crippen molar-refractivity contribution in [2.75, 3.05) is 7.11 Å². The zero-order valence-electron chi connectivity index (χ0n) is 9.68. The lowest BCUT2D eigenvalue weighted by Gasteiger charge is -2.15. The van der Waals surface area contributed by atoms with Crippen molar-refractivity contribution < 1.29 is 4.74 Å². The van der Waals surface area contributed by atoms with Crippen LogP contribution >= 0.6 is 0 Å². The van der Waals surface area contributed by atoms with E-state index in [1.807, 2.05) is 18.5 Å². The molecule has 0 aliphatic rings. The van der Waals surface area contributed by atoms with Crippen LogP contribution < -0.4 is 5.73 Å². The number of aryl methyl sites for hydroxylation is 1. The minimum absolute atomic E-state index is 0.0782. The smallest absolute Gasteiger partial charge is 0.138 e. The van der Waals surface area contributed by atoms with Gasteiger partial charge in [-0.05, 0) is 20.3 Å². The first-order valence-electron chi connectivity index (χ1n) is 5.32. The van der Waals surface area contributed by atoms with E-state index in [-0.39, 0.29) is 12.1 Å². The molecule has 0 amide bonds. The van der Waals surface area contributed by atoms with Crippen LogP contribution in [0.4, 0.5) is 0 Å². The van der Waals surface area contributed by atoms with Gasteiger partial charge in [-0.1, -0.05) is 0 Å². The molecule has 0 saturated heterocycles. The largest absolute Gasteiger partial charge is 0.382 e. The Balaban J connectivity index is 2.47. The van der Waals surface area contributed by atoms with Crippen LogP contribution in [-0.2, 0) is 17.7 Å². The van der Waals surface area contributed by atoms with Crippen LogP contribution in [0.1, 0.15) is 26.1 Å². The molecule has 5 heteroatoms. The molecule has 2 N–H and O–H groups in total. The van der Waals surface area contributed by atoms with Crippen LogP contribution in [0.25, 0.3) is 0 Å². The van der Waals surface area contributed by atoms with Crippen LogP contribution in [0.3, 0.4) is 0 Å². The zero-order chi connectivity index (χ0) is 11.3. The third kappa shape index (κ3) is 3.60. The topological polar surface area (TPSA) is 66.0 Å². The Labute approximate surface area is 90.6 Å². The summed E-state index contributed by atoms with van der Waals surface area (Å²) >= 11 is 0. The number of nitrogens with two attached hydrogens (primary N) is 1. The van der Waals surface area contributed by atoms with E-state index in [0.717, 1.165) is 25.2 Å². The van der Waals surface area contributed by atoms with Crippen LogP contribution in [0.5, 0.6) is 0 Å². The van der Waals surface area contributed by atoms with Crippen molar-refractivity contribution in [3.05, 3.63) is 12.2 Å². The van der Waals surface area contributed by atoms with Gasteiger partial charge >= 0.3 is 0 Å². The molecule has 0 fully saturated rings. The summed E-state index contributed by atoms with van der Waals surface area (Å²) in [4.78, 5) is 4.19. The van der Waals surface area contributed by atoms with E-state index < -0.39 is 0 Å². The molecule has 0 aliphatic carbocycles. The lowest BCUT2D eigenvalue weighted by atomic mass is 10.1. The molecular formula is C10H20N4O. The molecule has 2 unspecified atom stereocenters. The molecule has 1 aromatic rings. The van der Waals surface area contributed by atoms with Crippen LogP contribution in [0, 0.1) is 0 Å². The summed E-state index contributed by atoms with van der Waals surface area (Å²) in [5.74, 6) is 0.952. The summed E-state index contributed by atoms with van der Waals surface area (Å²) in [6.07, 6.45) is 3.36. The predicted octanol–water partition coefficient (Wildman–Crippen LogP) is 0.593. The highest BCUT2D eigenvalue weighted by molar-refractivity contribution is 4.89. The number of ether oxygens (including phenoxy) is 1. The van der Waals surface area contributed by atoms with E-state index in [0.29, 0.717) is 0 Å². The first-order valence-corrected chi connectivity index (χ1v) is 5.32. The van der Waals surface area contributed by atoms with Gasteiger partial charge in [-0.3, -0.25) is 4.68 Å². The van der Waals surface area contributed by atoms with Crippen molar-refractivity contribution >= 4 is 0 Å². The maximum atomic E-state index is 6.00. The second-order valence-electron chi connectivity index (χ2n) is 3.74. The van der Waals surface area contributed by atoms with E-state index in [4.69, 9.17) is 10.5 Å². The quantitative estimate of drug-likeness (QED) is 0.749. The predicted molar refractivity (Wildman–Crippen MR) is 58.5 cm³/mol. The van der Waals surface area contributed by atoms with Gasteiger partial charge in [0, 0.05) is 26.1 Å². The standard InChI is InChI=1S/C10H20N4O/c1-4-14-10(12-7-13-14)6-9(11)5-8(2)15-3/h7-9H,4-6,11H2,1-3H3. The first kappa shape index (κ1) is 12.1. The van der Waals surface area contributed by atoms with Gasteiger partial charge in [-0.25, -0.2) is 4.98 Å². The normalized spacial score (nSPS) is 15.2. The molecule has 0 bridgehead atoms. The van der Waals surface area contributed by atoms with Crippen molar-refractivity contribution in [1.29, 1.82) is 0 Å². The lowest BCUT2D eigenvalue weighted by Crippen LogP contribution is -2.29. The molecule has 0 aliphatic heterocycles. The fraction of sp³-hybridized carbons (Fsp3) is 0.800. The van der Waals surface area contributed by atoms with E-state index in [2.05, 4.69) is 10.1 Å². The maximum absolute atomic E-state index is 6.00.